The number of hydrogen-bond acceptors (Lipinski definition) is 5. The van der Waals surface area contributed by atoms with Crippen LogP contribution in [0.4, 0.5) is 11.9 Å². The zero-order chi connectivity index (χ0) is 18.1. The fraction of sp³-hybridized carbons (Fsp3) is 0.263. The van der Waals surface area contributed by atoms with Crippen LogP contribution in [0, 0.1) is 27.7 Å². The van der Waals surface area contributed by atoms with Crippen molar-refractivity contribution in [2.45, 2.75) is 34.1 Å². The first-order valence-corrected chi connectivity index (χ1v) is 8.12. The number of aromatic nitrogens is 4. The molecule has 6 nitrogen and oxygen atoms in total. The number of hydrogen-bond donors (Lipinski definition) is 2. The zero-order valence-corrected chi connectivity index (χ0v) is 14.9. The minimum atomic E-state index is -0.182. The zero-order valence-electron chi connectivity index (χ0n) is 14.9. The Morgan fingerprint density at radius 1 is 1.08 bits per heavy atom. The Labute approximate surface area is 146 Å². The van der Waals surface area contributed by atoms with Gasteiger partial charge in [0.25, 0.3) is 5.56 Å². The summed E-state index contributed by atoms with van der Waals surface area (Å²) in [5.41, 5.74) is 5.21. The molecule has 2 heterocycles. The van der Waals surface area contributed by atoms with E-state index in [1.54, 1.807) is 13.0 Å². The van der Waals surface area contributed by atoms with Crippen LogP contribution in [-0.4, -0.2) is 19.9 Å². The summed E-state index contributed by atoms with van der Waals surface area (Å²) >= 11 is 0. The largest absolute Gasteiger partial charge is 0.294 e. The molecular formula is C19H21N5O. The van der Waals surface area contributed by atoms with Crippen molar-refractivity contribution >= 4 is 22.8 Å². The average Bonchev–Trinajstić information content (AvgIpc) is 2.53. The van der Waals surface area contributed by atoms with Crippen molar-refractivity contribution in [3.8, 4) is 0 Å². The smallest absolute Gasteiger partial charge is 0.256 e. The summed E-state index contributed by atoms with van der Waals surface area (Å²) in [6, 6.07) is 4.14. The third-order valence-corrected chi connectivity index (χ3v) is 4.30. The molecule has 0 radical (unpaired) electrons. The maximum atomic E-state index is 12.2. The van der Waals surface area contributed by atoms with E-state index in [1.807, 2.05) is 13.0 Å². The second-order valence-corrected chi connectivity index (χ2v) is 6.18. The summed E-state index contributed by atoms with van der Waals surface area (Å²) in [6.45, 7) is 11.5. The van der Waals surface area contributed by atoms with Crippen LogP contribution in [0.3, 0.4) is 0 Å². The number of nitrogens with one attached hydrogen (secondary N) is 2. The Balaban J connectivity index is 2.02. The van der Waals surface area contributed by atoms with Gasteiger partial charge in [-0.1, -0.05) is 6.08 Å². The molecule has 3 rings (SSSR count). The molecule has 0 saturated carbocycles. The van der Waals surface area contributed by atoms with Gasteiger partial charge in [0.05, 0.1) is 16.9 Å². The van der Waals surface area contributed by atoms with E-state index in [9.17, 15) is 4.79 Å². The van der Waals surface area contributed by atoms with Crippen LogP contribution in [0.5, 0.6) is 0 Å². The Hall–Kier alpha value is -3.02. The molecule has 0 unspecified atom stereocenters. The van der Waals surface area contributed by atoms with Crippen molar-refractivity contribution in [1.82, 2.24) is 19.9 Å². The van der Waals surface area contributed by atoms with Crippen LogP contribution in [0.15, 0.2) is 29.6 Å². The summed E-state index contributed by atoms with van der Waals surface area (Å²) in [7, 11) is 0. The van der Waals surface area contributed by atoms with E-state index in [0.717, 1.165) is 16.6 Å². The summed E-state index contributed by atoms with van der Waals surface area (Å²) < 4.78 is 0. The molecule has 0 bridgehead atoms. The normalized spacial score (nSPS) is 10.9. The van der Waals surface area contributed by atoms with Gasteiger partial charge in [0.15, 0.2) is 0 Å². The van der Waals surface area contributed by atoms with E-state index in [0.29, 0.717) is 29.6 Å². The molecule has 2 aromatic heterocycles. The molecule has 0 amide bonds. The van der Waals surface area contributed by atoms with Crippen molar-refractivity contribution < 1.29 is 0 Å². The van der Waals surface area contributed by atoms with E-state index in [2.05, 4.69) is 51.7 Å². The van der Waals surface area contributed by atoms with Crippen LogP contribution in [0.1, 0.15) is 28.1 Å². The molecule has 0 aliphatic carbocycles. The lowest BCUT2D eigenvalue weighted by atomic mass is 10.1. The number of fused-ring (bicyclic) bond motifs is 1. The highest BCUT2D eigenvalue weighted by Gasteiger charge is 2.10. The molecule has 128 valence electrons. The minimum Gasteiger partial charge on any atom is -0.294 e. The number of rotatable bonds is 4. The predicted octanol–water partition coefficient (Wildman–Crippen LogP) is 3.42. The van der Waals surface area contributed by atoms with E-state index in [-0.39, 0.29) is 5.56 Å². The second kappa shape index (κ2) is 6.47. The van der Waals surface area contributed by atoms with Gasteiger partial charge in [-0.25, -0.2) is 15.0 Å². The van der Waals surface area contributed by atoms with Crippen LogP contribution in [-0.2, 0) is 6.42 Å². The van der Waals surface area contributed by atoms with Crippen molar-refractivity contribution in [3.63, 3.8) is 0 Å². The van der Waals surface area contributed by atoms with Crippen molar-refractivity contribution in [1.29, 1.82) is 0 Å². The van der Waals surface area contributed by atoms with Gasteiger partial charge in [-0.05, 0) is 57.4 Å². The fourth-order valence-electron chi connectivity index (χ4n) is 2.76. The third kappa shape index (κ3) is 3.28. The van der Waals surface area contributed by atoms with Gasteiger partial charge >= 0.3 is 0 Å². The molecule has 0 saturated heterocycles. The highest BCUT2D eigenvalue weighted by molar-refractivity contribution is 5.83. The van der Waals surface area contributed by atoms with Crippen LogP contribution in [0.25, 0.3) is 10.9 Å². The maximum absolute atomic E-state index is 12.2. The van der Waals surface area contributed by atoms with E-state index in [1.165, 1.54) is 11.1 Å². The first-order valence-electron chi connectivity index (χ1n) is 8.12. The SMILES string of the molecule is C=CCc1c(C)nc(Nc2nc(C)c3cc(C)c(C)cc3n2)[nH]c1=O. The number of aromatic amines is 1. The van der Waals surface area contributed by atoms with Crippen molar-refractivity contribution in [2.75, 3.05) is 5.32 Å². The molecule has 0 fully saturated rings. The lowest BCUT2D eigenvalue weighted by Crippen LogP contribution is -2.18. The molecule has 3 aromatic rings. The lowest BCUT2D eigenvalue weighted by Gasteiger charge is -2.10. The van der Waals surface area contributed by atoms with Gasteiger partial charge in [-0.15, -0.1) is 6.58 Å². The summed E-state index contributed by atoms with van der Waals surface area (Å²) in [4.78, 5) is 28.3. The summed E-state index contributed by atoms with van der Waals surface area (Å²) in [5, 5.41) is 4.03. The van der Waals surface area contributed by atoms with Crippen LogP contribution >= 0.6 is 0 Å². The summed E-state index contributed by atoms with van der Waals surface area (Å²) in [6.07, 6.45) is 2.17. The highest BCUT2D eigenvalue weighted by Crippen LogP contribution is 2.22. The second-order valence-electron chi connectivity index (χ2n) is 6.18. The van der Waals surface area contributed by atoms with Gasteiger partial charge in [0, 0.05) is 10.9 Å². The molecule has 25 heavy (non-hydrogen) atoms. The molecule has 0 spiro atoms. The molecular weight excluding hydrogens is 314 g/mol. The molecule has 0 aliphatic rings. The van der Waals surface area contributed by atoms with Gasteiger partial charge < -0.3 is 0 Å². The Bertz CT molecular complexity index is 1040. The summed E-state index contributed by atoms with van der Waals surface area (Å²) in [5.74, 6) is 0.741. The van der Waals surface area contributed by atoms with Gasteiger partial charge in [0.2, 0.25) is 11.9 Å². The van der Waals surface area contributed by atoms with E-state index in [4.69, 9.17) is 0 Å². The van der Waals surface area contributed by atoms with Gasteiger partial charge in [-0.2, -0.15) is 0 Å². The monoisotopic (exact) mass is 335 g/mol. The van der Waals surface area contributed by atoms with Crippen LogP contribution < -0.4 is 10.9 Å². The Morgan fingerprint density at radius 2 is 1.80 bits per heavy atom. The van der Waals surface area contributed by atoms with Crippen molar-refractivity contribution in [2.24, 2.45) is 0 Å². The fourth-order valence-corrected chi connectivity index (χ4v) is 2.76. The van der Waals surface area contributed by atoms with E-state index >= 15 is 0 Å². The quantitative estimate of drug-likeness (QED) is 0.714. The molecule has 1 aromatic carbocycles. The first kappa shape index (κ1) is 16.8. The third-order valence-electron chi connectivity index (χ3n) is 4.30. The molecule has 0 aliphatic heterocycles. The predicted molar refractivity (Wildman–Crippen MR) is 101 cm³/mol. The number of aryl methyl sites for hydroxylation is 4. The minimum absolute atomic E-state index is 0.182. The average molecular weight is 335 g/mol. The van der Waals surface area contributed by atoms with Gasteiger partial charge in [-0.3, -0.25) is 15.1 Å². The number of nitrogens with zero attached hydrogens (tertiary/aromatic N) is 3. The topological polar surface area (TPSA) is 83.6 Å². The number of anilines is 2. The number of allylic oxidation sites excluding steroid dienone is 1. The standard InChI is InChI=1S/C19H21N5O/c1-6-7-14-12(4)20-19(23-17(14)25)24-18-21-13(5)15-8-10(2)11(3)9-16(15)22-18/h6,8-9H,1,7H2,2-5H3,(H2,20,21,22,23,24,25). The Kier molecular flexibility index (Phi) is 4.35. The lowest BCUT2D eigenvalue weighted by molar-refractivity contribution is 0.990. The maximum Gasteiger partial charge on any atom is 0.256 e. The van der Waals surface area contributed by atoms with Crippen molar-refractivity contribution in [3.05, 3.63) is 63.2 Å². The van der Waals surface area contributed by atoms with Gasteiger partial charge in [0.1, 0.15) is 0 Å². The first-order chi connectivity index (χ1) is 11.9. The Morgan fingerprint density at radius 3 is 2.48 bits per heavy atom. The van der Waals surface area contributed by atoms with E-state index < -0.39 is 0 Å². The van der Waals surface area contributed by atoms with Crippen LogP contribution in [0.2, 0.25) is 0 Å². The molecule has 6 heteroatoms. The molecule has 2 N–H and O–H groups in total. The number of benzene rings is 1. The molecule has 0 atom stereocenters. The highest BCUT2D eigenvalue weighted by atomic mass is 16.1. The number of H-pyrrole nitrogens is 1.